The van der Waals surface area contributed by atoms with Gasteiger partial charge >= 0.3 is 0 Å². The highest BCUT2D eigenvalue weighted by Crippen LogP contribution is 2.22. The number of aryl methyl sites for hydroxylation is 2. The highest BCUT2D eigenvalue weighted by molar-refractivity contribution is 5.96. The molecular formula is C20H26N2O3. The van der Waals surface area contributed by atoms with Crippen molar-refractivity contribution < 1.29 is 14.3 Å². The maximum absolute atomic E-state index is 12.6. The van der Waals surface area contributed by atoms with Gasteiger partial charge in [0.15, 0.2) is 0 Å². The normalized spacial score (nSPS) is 20.8. The molecule has 2 aromatic rings. The van der Waals surface area contributed by atoms with Gasteiger partial charge in [0.25, 0.3) is 5.91 Å². The molecule has 5 nitrogen and oxygen atoms in total. The van der Waals surface area contributed by atoms with Crippen molar-refractivity contribution in [3.8, 4) is 0 Å². The molecule has 1 aromatic carbocycles. The van der Waals surface area contributed by atoms with Gasteiger partial charge < -0.3 is 14.8 Å². The van der Waals surface area contributed by atoms with E-state index < -0.39 is 0 Å². The molecule has 0 bridgehead atoms. The summed E-state index contributed by atoms with van der Waals surface area (Å²) in [5.41, 5.74) is 2.73. The third-order valence-corrected chi connectivity index (χ3v) is 5.02. The van der Waals surface area contributed by atoms with Crippen LogP contribution in [0.3, 0.4) is 0 Å². The predicted molar refractivity (Wildman–Crippen MR) is 96.5 cm³/mol. The van der Waals surface area contributed by atoms with E-state index in [0.29, 0.717) is 30.8 Å². The van der Waals surface area contributed by atoms with E-state index in [0.717, 1.165) is 17.9 Å². The standard InChI is InChI=1S/C20H26N2O3/c1-13-14(2)25-15(3)19(13)20(24)21-10-17-9-18(23)12-22(17)11-16-7-5-4-6-8-16/h4-8,17-18,23H,9-12H2,1-3H3,(H,21,24). The molecular weight excluding hydrogens is 316 g/mol. The molecule has 1 aromatic heterocycles. The smallest absolute Gasteiger partial charge is 0.255 e. The molecule has 1 amide bonds. The van der Waals surface area contributed by atoms with Gasteiger partial charge in [-0.05, 0) is 32.8 Å². The van der Waals surface area contributed by atoms with Crippen LogP contribution in [0.1, 0.15) is 39.4 Å². The summed E-state index contributed by atoms with van der Waals surface area (Å²) in [6, 6.07) is 10.3. The molecule has 25 heavy (non-hydrogen) atoms. The number of aliphatic hydroxyl groups is 1. The summed E-state index contributed by atoms with van der Waals surface area (Å²) >= 11 is 0. The van der Waals surface area contributed by atoms with Crippen molar-refractivity contribution >= 4 is 5.91 Å². The van der Waals surface area contributed by atoms with E-state index in [2.05, 4.69) is 22.3 Å². The highest BCUT2D eigenvalue weighted by Gasteiger charge is 2.31. The van der Waals surface area contributed by atoms with Gasteiger partial charge in [0.05, 0.1) is 11.7 Å². The first-order valence-electron chi connectivity index (χ1n) is 8.76. The molecule has 5 heteroatoms. The number of β-amino-alcohol motifs (C(OH)–C–C–N with tert-alkyl or cyclic N) is 1. The number of hydrogen-bond acceptors (Lipinski definition) is 4. The van der Waals surface area contributed by atoms with Gasteiger partial charge in [-0.15, -0.1) is 0 Å². The van der Waals surface area contributed by atoms with Gasteiger partial charge in [-0.3, -0.25) is 9.69 Å². The Morgan fingerprint density at radius 2 is 1.96 bits per heavy atom. The zero-order chi connectivity index (χ0) is 18.0. The highest BCUT2D eigenvalue weighted by atomic mass is 16.3. The summed E-state index contributed by atoms with van der Waals surface area (Å²) in [5, 5.41) is 13.1. The third kappa shape index (κ3) is 3.94. The van der Waals surface area contributed by atoms with Gasteiger partial charge in [-0.1, -0.05) is 30.3 Å². The van der Waals surface area contributed by atoms with Crippen molar-refractivity contribution in [3.63, 3.8) is 0 Å². The van der Waals surface area contributed by atoms with Crippen LogP contribution in [0.5, 0.6) is 0 Å². The minimum atomic E-state index is -0.342. The van der Waals surface area contributed by atoms with Crippen molar-refractivity contribution in [1.82, 2.24) is 10.2 Å². The zero-order valence-corrected chi connectivity index (χ0v) is 15.1. The Morgan fingerprint density at radius 3 is 2.60 bits per heavy atom. The van der Waals surface area contributed by atoms with Crippen molar-refractivity contribution in [3.05, 3.63) is 58.5 Å². The largest absolute Gasteiger partial charge is 0.466 e. The number of benzene rings is 1. The Balaban J connectivity index is 1.63. The van der Waals surface area contributed by atoms with Crippen LogP contribution in [0.15, 0.2) is 34.7 Å². The molecule has 1 aliphatic rings. The monoisotopic (exact) mass is 342 g/mol. The fourth-order valence-corrected chi connectivity index (χ4v) is 3.61. The van der Waals surface area contributed by atoms with Crippen LogP contribution in [0.2, 0.25) is 0 Å². The molecule has 3 rings (SSSR count). The summed E-state index contributed by atoms with van der Waals surface area (Å²) in [5.74, 6) is 1.33. The number of amides is 1. The lowest BCUT2D eigenvalue weighted by Gasteiger charge is -2.24. The molecule has 1 aliphatic heterocycles. The Labute approximate surface area is 148 Å². The van der Waals surface area contributed by atoms with Crippen LogP contribution in [0.4, 0.5) is 0 Å². The van der Waals surface area contributed by atoms with E-state index in [1.54, 1.807) is 0 Å². The summed E-state index contributed by atoms with van der Waals surface area (Å²) in [4.78, 5) is 14.8. The van der Waals surface area contributed by atoms with Crippen LogP contribution < -0.4 is 5.32 Å². The maximum atomic E-state index is 12.6. The molecule has 2 atom stereocenters. The second-order valence-electron chi connectivity index (χ2n) is 6.88. The number of carbonyl (C=O) groups excluding carboxylic acids is 1. The minimum absolute atomic E-state index is 0.104. The second kappa shape index (κ2) is 7.42. The zero-order valence-electron chi connectivity index (χ0n) is 15.1. The topological polar surface area (TPSA) is 65.7 Å². The van der Waals surface area contributed by atoms with E-state index in [1.807, 2.05) is 39.0 Å². The molecule has 0 saturated carbocycles. The maximum Gasteiger partial charge on any atom is 0.255 e. The number of nitrogens with one attached hydrogen (secondary N) is 1. The summed E-state index contributed by atoms with van der Waals surface area (Å²) in [6.45, 7) is 7.53. The Bertz CT molecular complexity index is 739. The Hall–Kier alpha value is -2.11. The van der Waals surface area contributed by atoms with Crippen LogP contribution >= 0.6 is 0 Å². The first-order valence-corrected chi connectivity index (χ1v) is 8.76. The summed E-state index contributed by atoms with van der Waals surface area (Å²) < 4.78 is 5.54. The lowest BCUT2D eigenvalue weighted by Crippen LogP contribution is -2.40. The lowest BCUT2D eigenvalue weighted by atomic mass is 10.1. The van der Waals surface area contributed by atoms with E-state index in [9.17, 15) is 9.90 Å². The number of aliphatic hydroxyl groups excluding tert-OH is 1. The van der Waals surface area contributed by atoms with Crippen LogP contribution in [-0.2, 0) is 6.54 Å². The number of rotatable bonds is 5. The number of carbonyl (C=O) groups is 1. The Morgan fingerprint density at radius 1 is 1.24 bits per heavy atom. The van der Waals surface area contributed by atoms with Gasteiger partial charge in [0.2, 0.25) is 0 Å². The predicted octanol–water partition coefficient (Wildman–Crippen LogP) is 2.57. The quantitative estimate of drug-likeness (QED) is 0.876. The summed E-state index contributed by atoms with van der Waals surface area (Å²) in [7, 11) is 0. The van der Waals surface area contributed by atoms with Crippen molar-refractivity contribution in [1.29, 1.82) is 0 Å². The Kier molecular flexibility index (Phi) is 5.25. The summed E-state index contributed by atoms with van der Waals surface area (Å²) in [6.07, 6.45) is 0.334. The SMILES string of the molecule is Cc1oc(C)c(C(=O)NCC2CC(O)CN2Cc2ccccc2)c1C. The molecule has 0 spiro atoms. The van der Waals surface area contributed by atoms with Gasteiger partial charge in [-0.2, -0.15) is 0 Å². The molecule has 134 valence electrons. The number of hydrogen-bond donors (Lipinski definition) is 2. The third-order valence-electron chi connectivity index (χ3n) is 5.02. The van der Waals surface area contributed by atoms with Crippen molar-refractivity contribution in [2.24, 2.45) is 0 Å². The number of nitrogens with zero attached hydrogens (tertiary/aromatic N) is 1. The van der Waals surface area contributed by atoms with Gasteiger partial charge in [-0.25, -0.2) is 0 Å². The molecule has 2 heterocycles. The number of furan rings is 1. The minimum Gasteiger partial charge on any atom is -0.466 e. The van der Waals surface area contributed by atoms with Crippen LogP contribution in [0, 0.1) is 20.8 Å². The van der Waals surface area contributed by atoms with E-state index in [4.69, 9.17) is 4.42 Å². The average molecular weight is 342 g/mol. The first-order chi connectivity index (χ1) is 12.0. The van der Waals surface area contributed by atoms with E-state index in [-0.39, 0.29) is 18.1 Å². The fraction of sp³-hybridized carbons (Fsp3) is 0.450. The molecule has 2 unspecified atom stereocenters. The van der Waals surface area contributed by atoms with Crippen molar-refractivity contribution in [2.75, 3.05) is 13.1 Å². The fourth-order valence-electron chi connectivity index (χ4n) is 3.61. The average Bonchev–Trinajstić information content (AvgIpc) is 3.05. The van der Waals surface area contributed by atoms with Crippen LogP contribution in [0.25, 0.3) is 0 Å². The lowest BCUT2D eigenvalue weighted by molar-refractivity contribution is 0.0938. The van der Waals surface area contributed by atoms with E-state index >= 15 is 0 Å². The first kappa shape index (κ1) is 17.7. The molecule has 1 saturated heterocycles. The number of likely N-dealkylation sites (tertiary alicyclic amines) is 1. The second-order valence-corrected chi connectivity index (χ2v) is 6.88. The molecule has 2 N–H and O–H groups in total. The molecule has 0 radical (unpaired) electrons. The van der Waals surface area contributed by atoms with E-state index in [1.165, 1.54) is 5.56 Å². The van der Waals surface area contributed by atoms with Crippen molar-refractivity contribution in [2.45, 2.75) is 45.9 Å². The molecule has 1 fully saturated rings. The van der Waals surface area contributed by atoms with Crippen LogP contribution in [-0.4, -0.2) is 41.1 Å². The van der Waals surface area contributed by atoms with Gasteiger partial charge in [0.1, 0.15) is 11.5 Å². The van der Waals surface area contributed by atoms with Gasteiger partial charge in [0, 0.05) is 31.2 Å². The molecule has 0 aliphatic carbocycles.